The van der Waals surface area contributed by atoms with Gasteiger partial charge in [-0.3, -0.25) is 0 Å². The van der Waals surface area contributed by atoms with Crippen LogP contribution in [0.4, 0.5) is 0 Å². The largest absolute Gasteiger partial charge is 0.445 e. The highest BCUT2D eigenvalue weighted by molar-refractivity contribution is 7.98. The van der Waals surface area contributed by atoms with E-state index in [1.54, 1.807) is 0 Å². The number of thioether (sulfide) groups is 1. The van der Waals surface area contributed by atoms with Crippen LogP contribution in [0.3, 0.4) is 0 Å². The van der Waals surface area contributed by atoms with Crippen LogP contribution in [0.15, 0.2) is 10.6 Å². The molecule has 1 rings (SSSR count). The average Bonchev–Trinajstić information content (AvgIpc) is 2.59. The second-order valence-electron chi connectivity index (χ2n) is 5.67. The van der Waals surface area contributed by atoms with Gasteiger partial charge in [0.2, 0.25) is 5.89 Å². The molecule has 2 nitrogen and oxygen atoms in total. The van der Waals surface area contributed by atoms with Crippen molar-refractivity contribution in [2.75, 3.05) is 5.75 Å². The van der Waals surface area contributed by atoms with Crippen molar-refractivity contribution in [1.29, 1.82) is 0 Å². The van der Waals surface area contributed by atoms with E-state index in [0.717, 1.165) is 17.4 Å². The highest BCUT2D eigenvalue weighted by Crippen LogP contribution is 2.20. The van der Waals surface area contributed by atoms with Gasteiger partial charge in [0, 0.05) is 14.0 Å². The van der Waals surface area contributed by atoms with Crippen molar-refractivity contribution in [1.82, 2.24) is 4.98 Å². The second-order valence-corrected chi connectivity index (χ2v) is 12.4. The number of hydrogen-bond donors (Lipinski definition) is 0. The number of hydrogen-bond acceptors (Lipinski definition) is 3. The van der Waals surface area contributed by atoms with E-state index in [-0.39, 0.29) is 0 Å². The number of nitrogens with zero attached hydrogens (tertiary/aromatic N) is 1. The minimum absolute atomic E-state index is 0.438. The van der Waals surface area contributed by atoms with Gasteiger partial charge in [-0.1, -0.05) is 33.5 Å². The SMILES string of the molecule is CC(C)c1cnc(CSCC[Si](C)(C)C)o1. The summed E-state index contributed by atoms with van der Waals surface area (Å²) in [4.78, 5) is 4.30. The molecule has 4 heteroatoms. The zero-order valence-electron chi connectivity index (χ0n) is 11.0. The van der Waals surface area contributed by atoms with E-state index in [2.05, 4.69) is 38.5 Å². The molecule has 0 fully saturated rings. The second kappa shape index (κ2) is 5.91. The third kappa shape index (κ3) is 5.21. The lowest BCUT2D eigenvalue weighted by atomic mass is 10.2. The van der Waals surface area contributed by atoms with Crippen molar-refractivity contribution in [3.05, 3.63) is 17.8 Å². The molecule has 92 valence electrons. The minimum atomic E-state index is -0.880. The van der Waals surface area contributed by atoms with Gasteiger partial charge in [0.15, 0.2) is 0 Å². The molecule has 0 saturated carbocycles. The van der Waals surface area contributed by atoms with Crippen molar-refractivity contribution < 1.29 is 4.42 Å². The van der Waals surface area contributed by atoms with Gasteiger partial charge in [0.05, 0.1) is 11.9 Å². The molecule has 0 amide bonds. The molecule has 16 heavy (non-hydrogen) atoms. The lowest BCUT2D eigenvalue weighted by molar-refractivity contribution is 0.454. The van der Waals surface area contributed by atoms with E-state index in [9.17, 15) is 0 Å². The molecular formula is C12H23NOSSi. The van der Waals surface area contributed by atoms with E-state index >= 15 is 0 Å². The predicted molar refractivity (Wildman–Crippen MR) is 74.9 cm³/mol. The average molecular weight is 257 g/mol. The molecule has 0 N–H and O–H groups in total. The molecule has 0 unspecified atom stereocenters. The Morgan fingerprint density at radius 3 is 2.56 bits per heavy atom. The van der Waals surface area contributed by atoms with Crippen LogP contribution in [0.25, 0.3) is 0 Å². The van der Waals surface area contributed by atoms with Gasteiger partial charge in [-0.15, -0.1) is 0 Å². The standard InChI is InChI=1S/C12H23NOSSi/c1-10(2)11-8-13-12(14-11)9-15-6-7-16(3,4)5/h8,10H,6-7,9H2,1-5H3. The molecule has 0 aliphatic heterocycles. The topological polar surface area (TPSA) is 26.0 Å². The first-order valence-electron chi connectivity index (χ1n) is 5.91. The van der Waals surface area contributed by atoms with Crippen molar-refractivity contribution >= 4 is 19.8 Å². The van der Waals surface area contributed by atoms with Gasteiger partial charge >= 0.3 is 0 Å². The van der Waals surface area contributed by atoms with Gasteiger partial charge < -0.3 is 4.42 Å². The summed E-state index contributed by atoms with van der Waals surface area (Å²) < 4.78 is 5.66. The molecule has 1 aromatic heterocycles. The van der Waals surface area contributed by atoms with Gasteiger partial charge in [-0.25, -0.2) is 4.98 Å². The molecule has 0 spiro atoms. The maximum atomic E-state index is 5.66. The van der Waals surface area contributed by atoms with Crippen LogP contribution < -0.4 is 0 Å². The van der Waals surface area contributed by atoms with Crippen LogP contribution in [0.2, 0.25) is 25.7 Å². The predicted octanol–water partition coefficient (Wildman–Crippen LogP) is 4.37. The van der Waals surface area contributed by atoms with E-state index in [1.807, 2.05) is 18.0 Å². The molecule has 1 aromatic rings. The van der Waals surface area contributed by atoms with Crippen LogP contribution in [0.5, 0.6) is 0 Å². The zero-order valence-corrected chi connectivity index (χ0v) is 12.9. The number of aromatic nitrogens is 1. The maximum Gasteiger partial charge on any atom is 0.204 e. The van der Waals surface area contributed by atoms with E-state index < -0.39 is 8.07 Å². The molecule has 0 aliphatic carbocycles. The monoisotopic (exact) mass is 257 g/mol. The number of rotatable bonds is 6. The van der Waals surface area contributed by atoms with E-state index in [4.69, 9.17) is 4.42 Å². The Bertz CT molecular complexity index is 317. The van der Waals surface area contributed by atoms with Crippen LogP contribution in [-0.2, 0) is 5.75 Å². The minimum Gasteiger partial charge on any atom is -0.445 e. The van der Waals surface area contributed by atoms with Crippen LogP contribution in [-0.4, -0.2) is 18.8 Å². The van der Waals surface area contributed by atoms with E-state index in [1.165, 1.54) is 11.8 Å². The first kappa shape index (κ1) is 13.8. The van der Waals surface area contributed by atoms with Crippen LogP contribution >= 0.6 is 11.8 Å². The third-order valence-corrected chi connectivity index (χ3v) is 5.42. The Morgan fingerprint density at radius 1 is 1.38 bits per heavy atom. The Morgan fingerprint density at radius 2 is 2.06 bits per heavy atom. The van der Waals surface area contributed by atoms with Crippen molar-refractivity contribution in [3.63, 3.8) is 0 Å². The fourth-order valence-electron chi connectivity index (χ4n) is 1.20. The molecule has 0 radical (unpaired) electrons. The first-order valence-corrected chi connectivity index (χ1v) is 10.8. The van der Waals surface area contributed by atoms with Crippen LogP contribution in [0, 0.1) is 0 Å². The van der Waals surface area contributed by atoms with Crippen LogP contribution in [0.1, 0.15) is 31.4 Å². The van der Waals surface area contributed by atoms with E-state index in [0.29, 0.717) is 5.92 Å². The smallest absolute Gasteiger partial charge is 0.204 e. The summed E-state index contributed by atoms with van der Waals surface area (Å²) in [5.41, 5.74) is 0. The zero-order chi connectivity index (χ0) is 12.2. The molecule has 0 saturated heterocycles. The Kier molecular flexibility index (Phi) is 5.12. The highest BCUT2D eigenvalue weighted by Gasteiger charge is 2.12. The fourth-order valence-corrected chi connectivity index (χ4v) is 4.68. The van der Waals surface area contributed by atoms with Gasteiger partial charge in [-0.2, -0.15) is 11.8 Å². The number of oxazole rings is 1. The highest BCUT2D eigenvalue weighted by atomic mass is 32.2. The summed E-state index contributed by atoms with van der Waals surface area (Å²) >= 11 is 1.94. The van der Waals surface area contributed by atoms with Gasteiger partial charge in [-0.05, 0) is 11.8 Å². The quantitative estimate of drug-likeness (QED) is 0.559. The molecule has 0 aliphatic rings. The van der Waals surface area contributed by atoms with Gasteiger partial charge in [0.1, 0.15) is 5.76 Å². The maximum absolute atomic E-state index is 5.66. The van der Waals surface area contributed by atoms with Crippen molar-refractivity contribution in [2.24, 2.45) is 0 Å². The Labute approximate surface area is 104 Å². The molecular weight excluding hydrogens is 234 g/mol. The fraction of sp³-hybridized carbons (Fsp3) is 0.750. The normalized spacial score (nSPS) is 12.4. The molecule has 1 heterocycles. The first-order chi connectivity index (χ1) is 7.38. The Hall–Kier alpha value is -0.223. The molecule has 0 atom stereocenters. The van der Waals surface area contributed by atoms with Crippen molar-refractivity contribution in [2.45, 2.75) is 51.2 Å². The van der Waals surface area contributed by atoms with Crippen molar-refractivity contribution in [3.8, 4) is 0 Å². The lowest BCUT2D eigenvalue weighted by Crippen LogP contribution is -2.19. The Balaban J connectivity index is 2.27. The summed E-state index contributed by atoms with van der Waals surface area (Å²) in [6, 6.07) is 1.37. The molecule has 0 bridgehead atoms. The molecule has 0 aromatic carbocycles. The summed E-state index contributed by atoms with van der Waals surface area (Å²) in [6.45, 7) is 11.5. The summed E-state index contributed by atoms with van der Waals surface area (Å²) in [7, 11) is -0.880. The van der Waals surface area contributed by atoms with Gasteiger partial charge in [0.25, 0.3) is 0 Å². The lowest BCUT2D eigenvalue weighted by Gasteiger charge is -2.14. The third-order valence-electron chi connectivity index (χ3n) is 2.36. The summed E-state index contributed by atoms with van der Waals surface area (Å²) in [5, 5.41) is 0. The summed E-state index contributed by atoms with van der Waals surface area (Å²) in [6.07, 6.45) is 1.86. The summed E-state index contributed by atoms with van der Waals surface area (Å²) in [5.74, 6) is 4.46.